The van der Waals surface area contributed by atoms with E-state index in [0.29, 0.717) is 5.92 Å². The molecule has 1 heterocycles. The summed E-state index contributed by atoms with van der Waals surface area (Å²) < 4.78 is 0. The van der Waals surface area contributed by atoms with Crippen molar-refractivity contribution in [2.45, 2.75) is 32.1 Å². The molecule has 7 heteroatoms. The number of likely N-dealkylation sites (tertiary alicyclic amines) is 1. The molecule has 134 valence electrons. The number of carbonyl (C=O) groups excluding carboxylic acids is 2. The highest BCUT2D eigenvalue weighted by molar-refractivity contribution is 5.96. The Kier molecular flexibility index (Phi) is 5.31. The number of nitrogens with zero attached hydrogens (tertiary/aromatic N) is 2. The topological polar surface area (TPSA) is 92.6 Å². The third-order valence-corrected chi connectivity index (χ3v) is 5.36. The lowest BCUT2D eigenvalue weighted by molar-refractivity contribution is -0.384. The lowest BCUT2D eigenvalue weighted by atomic mass is 9.75. The molecule has 0 unspecified atom stereocenters. The first-order chi connectivity index (χ1) is 12.0. The number of carbonyl (C=O) groups is 2. The molecular formula is C18H23N3O4. The molecule has 0 aromatic heterocycles. The fraction of sp³-hybridized carbons (Fsp3) is 0.556. The molecular weight excluding hydrogens is 322 g/mol. The molecule has 2 amide bonds. The molecule has 25 heavy (non-hydrogen) atoms. The van der Waals surface area contributed by atoms with Gasteiger partial charge < -0.3 is 10.2 Å². The summed E-state index contributed by atoms with van der Waals surface area (Å²) in [5, 5.41) is 13.4. The minimum absolute atomic E-state index is 0.0705. The highest BCUT2D eigenvalue weighted by Gasteiger charge is 2.32. The fourth-order valence-corrected chi connectivity index (χ4v) is 3.96. The highest BCUT2D eigenvalue weighted by Crippen LogP contribution is 2.35. The molecule has 1 aromatic carbocycles. The first-order valence-electron chi connectivity index (χ1n) is 8.85. The Hall–Kier alpha value is -2.44. The van der Waals surface area contributed by atoms with E-state index < -0.39 is 10.8 Å². The van der Waals surface area contributed by atoms with Crippen LogP contribution < -0.4 is 5.32 Å². The van der Waals surface area contributed by atoms with E-state index in [1.54, 1.807) is 0 Å². The number of fused-ring (bicyclic) bond motifs is 1. The Morgan fingerprint density at radius 3 is 2.72 bits per heavy atom. The highest BCUT2D eigenvalue weighted by atomic mass is 16.6. The van der Waals surface area contributed by atoms with E-state index in [-0.39, 0.29) is 23.7 Å². The van der Waals surface area contributed by atoms with E-state index in [0.717, 1.165) is 25.4 Å². The Morgan fingerprint density at radius 1 is 1.20 bits per heavy atom. The zero-order valence-electron chi connectivity index (χ0n) is 14.1. The van der Waals surface area contributed by atoms with Gasteiger partial charge in [0.1, 0.15) is 0 Å². The number of nitrogens with one attached hydrogen (secondary N) is 1. The van der Waals surface area contributed by atoms with Gasteiger partial charge in [-0.25, -0.2) is 0 Å². The van der Waals surface area contributed by atoms with Crippen LogP contribution in [0.15, 0.2) is 24.3 Å². The number of hydrogen-bond acceptors (Lipinski definition) is 4. The van der Waals surface area contributed by atoms with Crippen LogP contribution in [0.25, 0.3) is 0 Å². The second kappa shape index (κ2) is 7.63. The first kappa shape index (κ1) is 17.4. The molecule has 7 nitrogen and oxygen atoms in total. The fourth-order valence-electron chi connectivity index (χ4n) is 3.96. The zero-order chi connectivity index (χ0) is 17.8. The van der Waals surface area contributed by atoms with E-state index in [4.69, 9.17) is 0 Å². The molecule has 1 aliphatic carbocycles. The van der Waals surface area contributed by atoms with Crippen molar-refractivity contribution >= 4 is 17.5 Å². The molecule has 0 bridgehead atoms. The van der Waals surface area contributed by atoms with Gasteiger partial charge in [-0.05, 0) is 30.7 Å². The summed E-state index contributed by atoms with van der Waals surface area (Å²) in [5.74, 6) is 0.795. The molecule has 1 N–H and O–H groups in total. The second-order valence-corrected chi connectivity index (χ2v) is 6.92. The Morgan fingerprint density at radius 2 is 1.96 bits per heavy atom. The van der Waals surface area contributed by atoms with Crippen LogP contribution in [0.2, 0.25) is 0 Å². The molecule has 1 aromatic rings. The van der Waals surface area contributed by atoms with E-state index >= 15 is 0 Å². The van der Waals surface area contributed by atoms with Crippen LogP contribution in [-0.2, 0) is 4.79 Å². The molecule has 1 aliphatic heterocycles. The van der Waals surface area contributed by atoms with Crippen LogP contribution in [-0.4, -0.2) is 41.3 Å². The quantitative estimate of drug-likeness (QED) is 0.670. The van der Waals surface area contributed by atoms with Crippen molar-refractivity contribution < 1.29 is 14.5 Å². The largest absolute Gasteiger partial charge is 0.343 e. The number of non-ortho nitro benzene ring substituents is 1. The smallest absolute Gasteiger partial charge is 0.270 e. The number of nitro benzene ring substituents is 1. The van der Waals surface area contributed by atoms with Gasteiger partial charge in [0.2, 0.25) is 5.91 Å². The minimum Gasteiger partial charge on any atom is -0.343 e. The van der Waals surface area contributed by atoms with E-state index in [9.17, 15) is 19.7 Å². The maximum Gasteiger partial charge on any atom is 0.270 e. The summed E-state index contributed by atoms with van der Waals surface area (Å²) in [6.45, 7) is 1.47. The van der Waals surface area contributed by atoms with Gasteiger partial charge >= 0.3 is 0 Å². The average molecular weight is 345 g/mol. The summed E-state index contributed by atoms with van der Waals surface area (Å²) in [5.41, 5.74) is 0.0475. The van der Waals surface area contributed by atoms with Crippen molar-refractivity contribution in [3.05, 3.63) is 39.9 Å². The number of benzene rings is 1. The number of piperidine rings is 1. The van der Waals surface area contributed by atoms with Crippen LogP contribution in [0.5, 0.6) is 0 Å². The van der Waals surface area contributed by atoms with Crippen LogP contribution in [0.3, 0.4) is 0 Å². The first-order valence-corrected chi connectivity index (χ1v) is 8.85. The second-order valence-electron chi connectivity index (χ2n) is 6.92. The van der Waals surface area contributed by atoms with Crippen molar-refractivity contribution in [3.8, 4) is 0 Å². The normalized spacial score (nSPS) is 22.8. The lowest BCUT2D eigenvalue weighted by Crippen LogP contribution is -2.48. The van der Waals surface area contributed by atoms with Gasteiger partial charge in [0.05, 0.1) is 11.5 Å². The summed E-state index contributed by atoms with van der Waals surface area (Å²) in [6.07, 6.45) is 6.06. The lowest BCUT2D eigenvalue weighted by Gasteiger charge is -2.41. The number of nitro groups is 1. The van der Waals surface area contributed by atoms with Crippen molar-refractivity contribution in [2.75, 3.05) is 19.6 Å². The van der Waals surface area contributed by atoms with Crippen LogP contribution >= 0.6 is 0 Å². The van der Waals surface area contributed by atoms with Crippen molar-refractivity contribution in [2.24, 2.45) is 11.8 Å². The third kappa shape index (κ3) is 4.15. The third-order valence-electron chi connectivity index (χ3n) is 5.36. The van der Waals surface area contributed by atoms with Gasteiger partial charge in [0.15, 0.2) is 0 Å². The number of hydrogen-bond donors (Lipinski definition) is 1. The maximum atomic E-state index is 12.4. The van der Waals surface area contributed by atoms with Gasteiger partial charge in [-0.3, -0.25) is 19.7 Å². The summed E-state index contributed by atoms with van der Waals surface area (Å²) in [6, 6.07) is 5.51. The molecule has 2 atom stereocenters. The molecule has 1 saturated carbocycles. The van der Waals surface area contributed by atoms with Crippen molar-refractivity contribution in [3.63, 3.8) is 0 Å². The summed E-state index contributed by atoms with van der Waals surface area (Å²) in [7, 11) is 0. The van der Waals surface area contributed by atoms with Gasteiger partial charge in [-0.15, -0.1) is 0 Å². The van der Waals surface area contributed by atoms with Gasteiger partial charge in [0, 0.05) is 30.8 Å². The predicted octanol–water partition coefficient (Wildman–Crippen LogP) is 2.36. The number of amides is 2. The van der Waals surface area contributed by atoms with E-state index in [2.05, 4.69) is 5.32 Å². The van der Waals surface area contributed by atoms with Gasteiger partial charge in [0.25, 0.3) is 11.6 Å². The Labute approximate surface area is 146 Å². The zero-order valence-corrected chi connectivity index (χ0v) is 14.1. The number of rotatable bonds is 4. The van der Waals surface area contributed by atoms with Crippen LogP contribution in [0, 0.1) is 22.0 Å². The van der Waals surface area contributed by atoms with Gasteiger partial charge in [-0.1, -0.05) is 25.3 Å². The molecule has 0 radical (unpaired) electrons. The van der Waals surface area contributed by atoms with Crippen molar-refractivity contribution in [1.29, 1.82) is 0 Å². The monoisotopic (exact) mass is 345 g/mol. The molecule has 2 aliphatic rings. The summed E-state index contributed by atoms with van der Waals surface area (Å²) in [4.78, 5) is 36.6. The average Bonchev–Trinajstić information content (AvgIpc) is 2.65. The van der Waals surface area contributed by atoms with E-state index in [1.165, 1.54) is 49.9 Å². The molecule has 0 spiro atoms. The Bertz CT molecular complexity index is 676. The van der Waals surface area contributed by atoms with Gasteiger partial charge in [-0.2, -0.15) is 0 Å². The summed E-state index contributed by atoms with van der Waals surface area (Å²) >= 11 is 0. The maximum absolute atomic E-state index is 12.4. The van der Waals surface area contributed by atoms with Crippen molar-refractivity contribution in [1.82, 2.24) is 10.2 Å². The minimum atomic E-state index is -0.545. The Balaban J connectivity index is 1.52. The molecule has 2 fully saturated rings. The van der Waals surface area contributed by atoms with E-state index in [1.807, 2.05) is 4.90 Å². The standard InChI is InChI=1S/C18H23N3O4/c22-17(20-9-8-13-4-1-2-5-15(13)12-20)11-19-18(23)14-6-3-7-16(10-14)21(24)25/h3,6-7,10,13,15H,1-2,4-5,8-9,11-12H2,(H,19,23)/t13-,15-/m1/s1. The van der Waals surface area contributed by atoms with Crippen LogP contribution in [0.1, 0.15) is 42.5 Å². The predicted molar refractivity (Wildman–Crippen MR) is 92.1 cm³/mol. The molecule has 1 saturated heterocycles. The molecule has 3 rings (SSSR count). The van der Waals surface area contributed by atoms with Crippen LogP contribution in [0.4, 0.5) is 5.69 Å². The SMILES string of the molecule is O=C(NCC(=O)N1CC[C@H]2CCCC[C@@H]2C1)c1cccc([N+](=O)[O-])c1.